The standard InChI is InChI=1S/C10H17NO/c1-7(12)9-5-3-8-4-6-10(9)11(8)2/h8-10H,3-6H2,1-2H3/t8-,9+,10-/m0/s1. The predicted octanol–water partition coefficient (Wildman–Crippen LogP) is 1.45. The Labute approximate surface area is 73.9 Å². The molecular formula is C10H17NO. The van der Waals surface area contributed by atoms with Gasteiger partial charge < -0.3 is 0 Å². The summed E-state index contributed by atoms with van der Waals surface area (Å²) in [6.45, 7) is 1.75. The summed E-state index contributed by atoms with van der Waals surface area (Å²) in [5.41, 5.74) is 0. The summed E-state index contributed by atoms with van der Waals surface area (Å²) in [4.78, 5) is 13.7. The average Bonchev–Trinajstić information content (AvgIpc) is 2.32. The van der Waals surface area contributed by atoms with E-state index in [4.69, 9.17) is 0 Å². The number of rotatable bonds is 1. The maximum absolute atomic E-state index is 11.3. The van der Waals surface area contributed by atoms with Crippen LogP contribution in [0.15, 0.2) is 0 Å². The second-order valence-electron chi connectivity index (χ2n) is 4.26. The maximum Gasteiger partial charge on any atom is 0.134 e. The van der Waals surface area contributed by atoms with Gasteiger partial charge in [-0.25, -0.2) is 0 Å². The van der Waals surface area contributed by atoms with Crippen molar-refractivity contribution in [2.75, 3.05) is 7.05 Å². The molecule has 0 aliphatic carbocycles. The Kier molecular flexibility index (Phi) is 1.95. The van der Waals surface area contributed by atoms with Crippen LogP contribution in [0.4, 0.5) is 0 Å². The third kappa shape index (κ3) is 1.09. The fraction of sp³-hybridized carbons (Fsp3) is 0.900. The summed E-state index contributed by atoms with van der Waals surface area (Å²) in [7, 11) is 2.18. The quantitative estimate of drug-likeness (QED) is 0.589. The van der Waals surface area contributed by atoms with Crippen molar-refractivity contribution in [3.63, 3.8) is 0 Å². The number of fused-ring (bicyclic) bond motifs is 2. The highest BCUT2D eigenvalue weighted by atomic mass is 16.1. The number of Topliss-reactive ketones (excluding diaryl/α,β-unsaturated/α-hetero) is 1. The van der Waals surface area contributed by atoms with Crippen LogP contribution in [-0.4, -0.2) is 29.8 Å². The number of ketones is 1. The third-order valence-corrected chi connectivity index (χ3v) is 3.69. The third-order valence-electron chi connectivity index (χ3n) is 3.69. The Bertz CT molecular complexity index is 202. The van der Waals surface area contributed by atoms with Crippen molar-refractivity contribution in [2.45, 2.75) is 44.7 Å². The van der Waals surface area contributed by atoms with Gasteiger partial charge in [-0.3, -0.25) is 9.69 Å². The van der Waals surface area contributed by atoms with Crippen LogP contribution in [0.5, 0.6) is 0 Å². The summed E-state index contributed by atoms with van der Waals surface area (Å²) in [5, 5.41) is 0. The zero-order valence-corrected chi connectivity index (χ0v) is 7.92. The first kappa shape index (κ1) is 8.24. The van der Waals surface area contributed by atoms with Gasteiger partial charge in [0.05, 0.1) is 0 Å². The first-order valence-corrected chi connectivity index (χ1v) is 4.92. The van der Waals surface area contributed by atoms with E-state index in [0.717, 1.165) is 12.5 Å². The second kappa shape index (κ2) is 2.84. The summed E-state index contributed by atoms with van der Waals surface area (Å²) in [6.07, 6.45) is 4.92. The molecule has 2 saturated heterocycles. The van der Waals surface area contributed by atoms with Crippen LogP contribution < -0.4 is 0 Å². The predicted molar refractivity (Wildman–Crippen MR) is 48.0 cm³/mol. The minimum absolute atomic E-state index is 0.341. The van der Waals surface area contributed by atoms with Crippen LogP contribution in [0.3, 0.4) is 0 Å². The molecule has 2 heterocycles. The molecule has 0 radical (unpaired) electrons. The normalized spacial score (nSPS) is 41.7. The SMILES string of the molecule is CC(=O)[C@H]1CC[C@H]2CC[C@@H]1N2C. The van der Waals surface area contributed by atoms with E-state index in [0.29, 0.717) is 17.7 Å². The lowest BCUT2D eigenvalue weighted by atomic mass is 9.88. The molecule has 12 heavy (non-hydrogen) atoms. The van der Waals surface area contributed by atoms with Crippen molar-refractivity contribution >= 4 is 5.78 Å². The molecule has 2 rings (SSSR count). The summed E-state index contributed by atoms with van der Waals surface area (Å²) < 4.78 is 0. The molecule has 2 fully saturated rings. The minimum Gasteiger partial charge on any atom is -0.300 e. The fourth-order valence-electron chi connectivity index (χ4n) is 2.91. The Hall–Kier alpha value is -0.370. The first-order valence-electron chi connectivity index (χ1n) is 4.92. The number of hydrogen-bond donors (Lipinski definition) is 0. The smallest absolute Gasteiger partial charge is 0.134 e. The molecule has 0 aromatic rings. The van der Waals surface area contributed by atoms with E-state index < -0.39 is 0 Å². The molecule has 0 unspecified atom stereocenters. The molecule has 0 aromatic heterocycles. The van der Waals surface area contributed by atoms with Gasteiger partial charge in [0.25, 0.3) is 0 Å². The lowest BCUT2D eigenvalue weighted by Gasteiger charge is -2.36. The van der Waals surface area contributed by atoms with Gasteiger partial charge in [0.15, 0.2) is 0 Å². The monoisotopic (exact) mass is 167 g/mol. The molecule has 2 aliphatic rings. The highest BCUT2D eigenvalue weighted by Gasteiger charge is 2.41. The van der Waals surface area contributed by atoms with Crippen LogP contribution >= 0.6 is 0 Å². The van der Waals surface area contributed by atoms with Crippen LogP contribution in [-0.2, 0) is 4.79 Å². The number of hydrogen-bond acceptors (Lipinski definition) is 2. The molecule has 0 N–H and O–H groups in total. The van der Waals surface area contributed by atoms with Gasteiger partial charge in [0, 0.05) is 18.0 Å². The van der Waals surface area contributed by atoms with Crippen LogP contribution in [0.1, 0.15) is 32.6 Å². The first-order chi connectivity index (χ1) is 5.70. The molecule has 0 aromatic carbocycles. The van der Waals surface area contributed by atoms with E-state index in [2.05, 4.69) is 11.9 Å². The Morgan fingerprint density at radius 3 is 2.58 bits per heavy atom. The van der Waals surface area contributed by atoms with Crippen molar-refractivity contribution in [3.8, 4) is 0 Å². The van der Waals surface area contributed by atoms with Gasteiger partial charge in [0.2, 0.25) is 0 Å². The Morgan fingerprint density at radius 2 is 1.92 bits per heavy atom. The van der Waals surface area contributed by atoms with Gasteiger partial charge in [-0.2, -0.15) is 0 Å². The van der Waals surface area contributed by atoms with Crippen molar-refractivity contribution in [2.24, 2.45) is 5.92 Å². The Balaban J connectivity index is 2.14. The lowest BCUT2D eigenvalue weighted by molar-refractivity contribution is -0.123. The summed E-state index contributed by atoms with van der Waals surface area (Å²) in [6, 6.07) is 1.35. The van der Waals surface area contributed by atoms with Gasteiger partial charge >= 0.3 is 0 Å². The van der Waals surface area contributed by atoms with Gasteiger partial charge in [-0.05, 0) is 39.7 Å². The van der Waals surface area contributed by atoms with Crippen LogP contribution in [0.2, 0.25) is 0 Å². The maximum atomic E-state index is 11.3. The molecule has 0 amide bonds. The molecule has 3 atom stereocenters. The van der Waals surface area contributed by atoms with Crippen molar-refractivity contribution in [3.05, 3.63) is 0 Å². The zero-order chi connectivity index (χ0) is 8.72. The van der Waals surface area contributed by atoms with Crippen molar-refractivity contribution in [1.29, 1.82) is 0 Å². The second-order valence-corrected chi connectivity index (χ2v) is 4.26. The largest absolute Gasteiger partial charge is 0.300 e. The number of carbonyl (C=O) groups is 1. The molecule has 2 nitrogen and oxygen atoms in total. The van der Waals surface area contributed by atoms with Gasteiger partial charge in [0.1, 0.15) is 5.78 Å². The molecular weight excluding hydrogens is 150 g/mol. The van der Waals surface area contributed by atoms with Gasteiger partial charge in [-0.15, -0.1) is 0 Å². The fourth-order valence-corrected chi connectivity index (χ4v) is 2.91. The molecule has 2 heteroatoms. The van der Waals surface area contributed by atoms with E-state index in [1.807, 2.05) is 0 Å². The highest BCUT2D eigenvalue weighted by molar-refractivity contribution is 5.79. The van der Waals surface area contributed by atoms with Crippen LogP contribution in [0.25, 0.3) is 0 Å². The topological polar surface area (TPSA) is 20.3 Å². The van der Waals surface area contributed by atoms with E-state index in [-0.39, 0.29) is 0 Å². The van der Waals surface area contributed by atoms with Gasteiger partial charge in [-0.1, -0.05) is 0 Å². The molecule has 68 valence electrons. The molecule has 0 saturated carbocycles. The number of nitrogens with zero attached hydrogens (tertiary/aromatic N) is 1. The molecule has 2 aliphatic heterocycles. The highest BCUT2D eigenvalue weighted by Crippen LogP contribution is 2.38. The van der Waals surface area contributed by atoms with E-state index in [1.165, 1.54) is 19.3 Å². The molecule has 2 bridgehead atoms. The van der Waals surface area contributed by atoms with Crippen LogP contribution in [0, 0.1) is 5.92 Å². The summed E-state index contributed by atoms with van der Waals surface area (Å²) >= 11 is 0. The Morgan fingerprint density at radius 1 is 1.25 bits per heavy atom. The summed E-state index contributed by atoms with van der Waals surface area (Å²) in [5.74, 6) is 0.737. The molecule has 0 spiro atoms. The number of carbonyl (C=O) groups excluding carboxylic acids is 1. The van der Waals surface area contributed by atoms with E-state index in [1.54, 1.807) is 6.92 Å². The minimum atomic E-state index is 0.341. The zero-order valence-electron chi connectivity index (χ0n) is 7.92. The van der Waals surface area contributed by atoms with E-state index >= 15 is 0 Å². The van der Waals surface area contributed by atoms with Crippen molar-refractivity contribution < 1.29 is 4.79 Å². The van der Waals surface area contributed by atoms with Crippen molar-refractivity contribution in [1.82, 2.24) is 4.90 Å². The number of piperidine rings is 1. The average molecular weight is 167 g/mol. The van der Waals surface area contributed by atoms with E-state index in [9.17, 15) is 4.79 Å². The lowest BCUT2D eigenvalue weighted by Crippen LogP contribution is -2.44.